The monoisotopic (exact) mass is 399 g/mol. The van der Waals surface area contributed by atoms with Crippen molar-refractivity contribution in [1.29, 1.82) is 0 Å². The molecule has 150 valence electrons. The number of amides is 1. The van der Waals surface area contributed by atoms with Gasteiger partial charge in [-0.05, 0) is 68.9 Å². The highest BCUT2D eigenvalue weighted by Crippen LogP contribution is 2.23. The van der Waals surface area contributed by atoms with E-state index in [4.69, 9.17) is 0 Å². The third-order valence-electron chi connectivity index (χ3n) is 5.34. The minimum Gasteiger partial charge on any atom is -0.312 e. The number of hydrogen-bond acceptors (Lipinski definition) is 3. The summed E-state index contributed by atoms with van der Waals surface area (Å²) in [6.45, 7) is 6.03. The van der Waals surface area contributed by atoms with Crippen molar-refractivity contribution in [2.45, 2.75) is 57.0 Å². The summed E-state index contributed by atoms with van der Waals surface area (Å²) in [5.74, 6) is 0.286. The van der Waals surface area contributed by atoms with Crippen LogP contribution in [0, 0.1) is 0 Å². The molecule has 0 atom stereocenters. The lowest BCUT2D eigenvalue weighted by Crippen LogP contribution is -2.29. The summed E-state index contributed by atoms with van der Waals surface area (Å²) in [7, 11) is -3.16. The summed E-state index contributed by atoms with van der Waals surface area (Å²) < 4.78 is 23.9. The molecule has 1 fully saturated rings. The van der Waals surface area contributed by atoms with E-state index in [0.717, 1.165) is 37.1 Å². The summed E-state index contributed by atoms with van der Waals surface area (Å²) in [5.41, 5.74) is 4.24. The van der Waals surface area contributed by atoms with Crippen molar-refractivity contribution in [3.8, 4) is 0 Å². The number of nitrogens with zero attached hydrogens (tertiary/aromatic N) is 1. The highest BCUT2D eigenvalue weighted by Gasteiger charge is 2.28. The molecule has 5 heteroatoms. The first-order valence-electron chi connectivity index (χ1n) is 9.85. The predicted molar refractivity (Wildman–Crippen MR) is 114 cm³/mol. The highest BCUT2D eigenvalue weighted by molar-refractivity contribution is 7.91. The summed E-state index contributed by atoms with van der Waals surface area (Å²) in [5, 5.41) is 0. The van der Waals surface area contributed by atoms with Crippen LogP contribution in [0.1, 0.15) is 50.3 Å². The van der Waals surface area contributed by atoms with E-state index in [2.05, 4.69) is 12.1 Å². The fourth-order valence-corrected chi connectivity index (χ4v) is 4.35. The van der Waals surface area contributed by atoms with E-state index < -0.39 is 14.6 Å². The lowest BCUT2D eigenvalue weighted by molar-refractivity contribution is -0.117. The molecule has 1 aliphatic rings. The van der Waals surface area contributed by atoms with E-state index in [1.165, 1.54) is 11.1 Å². The molecule has 1 heterocycles. The van der Waals surface area contributed by atoms with Gasteiger partial charge in [0.05, 0.1) is 10.5 Å². The Morgan fingerprint density at radius 1 is 0.857 bits per heavy atom. The Kier molecular flexibility index (Phi) is 5.94. The first kappa shape index (κ1) is 20.6. The molecule has 1 aliphatic heterocycles. The van der Waals surface area contributed by atoms with Gasteiger partial charge in [0.25, 0.3) is 0 Å². The van der Waals surface area contributed by atoms with E-state index in [-0.39, 0.29) is 11.7 Å². The molecular formula is C23H29NO3S. The van der Waals surface area contributed by atoms with Crippen molar-refractivity contribution < 1.29 is 13.2 Å². The molecule has 2 aromatic rings. The van der Waals surface area contributed by atoms with Gasteiger partial charge in [-0.2, -0.15) is 0 Å². The second-order valence-electron chi connectivity index (χ2n) is 8.50. The predicted octanol–water partition coefficient (Wildman–Crippen LogP) is 4.31. The Morgan fingerprint density at radius 3 is 1.82 bits per heavy atom. The normalized spacial score (nSPS) is 15.2. The summed E-state index contributed by atoms with van der Waals surface area (Å²) >= 11 is 0. The van der Waals surface area contributed by atoms with Crippen molar-refractivity contribution in [2.75, 3.05) is 11.4 Å². The Morgan fingerprint density at radius 2 is 1.36 bits per heavy atom. The van der Waals surface area contributed by atoms with Crippen LogP contribution in [-0.2, 0) is 33.2 Å². The summed E-state index contributed by atoms with van der Waals surface area (Å²) in [6.07, 6.45) is 3.39. The number of benzene rings is 2. The summed E-state index contributed by atoms with van der Waals surface area (Å²) in [6, 6.07) is 16.1. The minimum absolute atomic E-state index is 0.0768. The van der Waals surface area contributed by atoms with Crippen LogP contribution in [0.15, 0.2) is 48.5 Å². The van der Waals surface area contributed by atoms with Gasteiger partial charge in [-0.1, -0.05) is 36.4 Å². The zero-order valence-corrected chi connectivity index (χ0v) is 17.8. The van der Waals surface area contributed by atoms with Gasteiger partial charge in [-0.15, -0.1) is 0 Å². The Balaban J connectivity index is 1.57. The van der Waals surface area contributed by atoms with Crippen LogP contribution in [0.3, 0.4) is 0 Å². The molecular weight excluding hydrogens is 370 g/mol. The van der Waals surface area contributed by atoms with Crippen molar-refractivity contribution in [2.24, 2.45) is 0 Å². The quantitative estimate of drug-likeness (QED) is 0.727. The van der Waals surface area contributed by atoms with E-state index >= 15 is 0 Å². The van der Waals surface area contributed by atoms with Gasteiger partial charge in [0.1, 0.15) is 0 Å². The van der Waals surface area contributed by atoms with Crippen LogP contribution in [0.4, 0.5) is 5.69 Å². The number of aryl methyl sites for hydroxylation is 2. The molecule has 28 heavy (non-hydrogen) atoms. The summed E-state index contributed by atoms with van der Waals surface area (Å²) in [4.78, 5) is 13.7. The van der Waals surface area contributed by atoms with Crippen LogP contribution in [0.25, 0.3) is 0 Å². The molecule has 1 saturated heterocycles. The number of anilines is 1. The van der Waals surface area contributed by atoms with E-state index in [1.54, 1.807) is 20.8 Å². The molecule has 2 aromatic carbocycles. The molecule has 0 aliphatic carbocycles. The fraction of sp³-hybridized carbons (Fsp3) is 0.435. The second-order valence-corrected chi connectivity index (χ2v) is 11.2. The third kappa shape index (κ3) is 4.82. The van der Waals surface area contributed by atoms with Crippen LogP contribution >= 0.6 is 0 Å². The van der Waals surface area contributed by atoms with Gasteiger partial charge >= 0.3 is 0 Å². The molecule has 0 spiro atoms. The molecule has 3 rings (SSSR count). The number of hydrogen-bond donors (Lipinski definition) is 0. The average Bonchev–Trinajstić information content (AvgIpc) is 3.06. The molecule has 0 radical (unpaired) electrons. The fourth-order valence-electron chi connectivity index (χ4n) is 3.29. The average molecular weight is 400 g/mol. The van der Waals surface area contributed by atoms with E-state index in [0.29, 0.717) is 6.42 Å². The Hall–Kier alpha value is -2.14. The van der Waals surface area contributed by atoms with Gasteiger partial charge in [-0.25, -0.2) is 8.42 Å². The maximum Gasteiger partial charge on any atom is 0.227 e. The largest absolute Gasteiger partial charge is 0.312 e. The number of carbonyl (C=O) groups excluding carboxylic acids is 1. The van der Waals surface area contributed by atoms with Gasteiger partial charge in [0, 0.05) is 18.7 Å². The zero-order chi connectivity index (χ0) is 20.4. The van der Waals surface area contributed by atoms with Crippen LogP contribution in [0.2, 0.25) is 0 Å². The smallest absolute Gasteiger partial charge is 0.227 e. The van der Waals surface area contributed by atoms with Crippen LogP contribution in [-0.4, -0.2) is 25.6 Å². The van der Waals surface area contributed by atoms with Crippen molar-refractivity contribution in [3.63, 3.8) is 0 Å². The molecule has 4 nitrogen and oxygen atoms in total. The van der Waals surface area contributed by atoms with Gasteiger partial charge < -0.3 is 4.90 Å². The van der Waals surface area contributed by atoms with Gasteiger partial charge in [0.15, 0.2) is 9.84 Å². The topological polar surface area (TPSA) is 54.5 Å². The lowest BCUT2D eigenvalue weighted by atomic mass is 10.0. The molecule has 0 unspecified atom stereocenters. The molecule has 0 bridgehead atoms. The molecule has 0 aromatic heterocycles. The second kappa shape index (κ2) is 8.08. The number of rotatable bonds is 6. The van der Waals surface area contributed by atoms with Gasteiger partial charge in [-0.3, -0.25) is 4.79 Å². The van der Waals surface area contributed by atoms with Gasteiger partial charge in [0.2, 0.25) is 5.91 Å². The van der Waals surface area contributed by atoms with Crippen molar-refractivity contribution in [1.82, 2.24) is 0 Å². The number of carbonyl (C=O) groups is 1. The van der Waals surface area contributed by atoms with E-state index in [1.807, 2.05) is 41.3 Å². The van der Waals surface area contributed by atoms with Crippen molar-refractivity contribution in [3.05, 3.63) is 65.2 Å². The minimum atomic E-state index is -3.16. The molecule has 1 amide bonds. The Labute approximate surface area is 168 Å². The first-order chi connectivity index (χ1) is 13.2. The Bertz CT molecular complexity index is 923. The lowest BCUT2D eigenvalue weighted by Gasteiger charge is -2.19. The third-order valence-corrected chi connectivity index (χ3v) is 7.92. The molecule has 0 saturated carbocycles. The van der Waals surface area contributed by atoms with Crippen molar-refractivity contribution >= 4 is 21.4 Å². The standard InChI is InChI=1S/C23H29NO3S/c1-23(2,3)28(26,27)17-20-10-8-18(9-11-20)6-7-19-12-14-21(15-13-19)24-16-4-5-22(24)25/h8-15H,4-7,16-17H2,1-3H3. The highest BCUT2D eigenvalue weighted by atomic mass is 32.2. The molecule has 0 N–H and O–H groups in total. The van der Waals surface area contributed by atoms with Crippen LogP contribution in [0.5, 0.6) is 0 Å². The number of sulfone groups is 1. The SMILES string of the molecule is CC(C)(C)S(=O)(=O)Cc1ccc(CCc2ccc(N3CCCC3=O)cc2)cc1. The van der Waals surface area contributed by atoms with Crippen LogP contribution < -0.4 is 4.90 Å². The van der Waals surface area contributed by atoms with E-state index in [9.17, 15) is 13.2 Å². The maximum absolute atomic E-state index is 12.3. The maximum atomic E-state index is 12.3. The first-order valence-corrected chi connectivity index (χ1v) is 11.5. The zero-order valence-electron chi connectivity index (χ0n) is 16.9.